The van der Waals surface area contributed by atoms with E-state index in [9.17, 15) is 4.79 Å². The summed E-state index contributed by atoms with van der Waals surface area (Å²) in [5.74, 6) is 0.150. The van der Waals surface area contributed by atoms with Crippen LogP contribution in [0, 0.1) is 0 Å². The molecule has 1 heterocycles. The number of carbonyl (C=O) groups is 1. The lowest BCUT2D eigenvalue weighted by atomic mass is 10.0. The molecule has 3 heteroatoms. The second kappa shape index (κ2) is 9.47. The molecule has 130 valence electrons. The third-order valence-electron chi connectivity index (χ3n) is 4.45. The van der Waals surface area contributed by atoms with Crippen LogP contribution in [0.1, 0.15) is 42.1 Å². The Morgan fingerprint density at radius 3 is 2.40 bits per heavy atom. The van der Waals surface area contributed by atoms with Crippen LogP contribution in [0.15, 0.2) is 66.9 Å². The summed E-state index contributed by atoms with van der Waals surface area (Å²) >= 11 is 0. The van der Waals surface area contributed by atoms with E-state index in [0.29, 0.717) is 6.54 Å². The minimum atomic E-state index is 0. The highest BCUT2D eigenvalue weighted by atomic mass is 79.9. The van der Waals surface area contributed by atoms with Crippen LogP contribution in [-0.2, 0) is 13.0 Å². The van der Waals surface area contributed by atoms with E-state index in [0.717, 1.165) is 22.9 Å². The topological polar surface area (TPSA) is 20.9 Å². The van der Waals surface area contributed by atoms with Crippen molar-refractivity contribution in [2.45, 2.75) is 39.2 Å². The van der Waals surface area contributed by atoms with E-state index in [1.54, 1.807) is 0 Å². The minimum absolute atomic E-state index is 0. The van der Waals surface area contributed by atoms with E-state index in [2.05, 4.69) is 37.3 Å². The number of nitrogens with zero attached hydrogens (tertiary/aromatic N) is 1. The number of aromatic nitrogens is 1. The van der Waals surface area contributed by atoms with Gasteiger partial charge < -0.3 is 0 Å². The highest BCUT2D eigenvalue weighted by molar-refractivity contribution is 8.93. The summed E-state index contributed by atoms with van der Waals surface area (Å²) in [6.45, 7) is 2.59. The first kappa shape index (κ1) is 19.3. The van der Waals surface area contributed by atoms with Crippen LogP contribution in [0.5, 0.6) is 0 Å². The maximum atomic E-state index is 12.6. The molecule has 0 N–H and O–H groups in total. The second-order valence-corrected chi connectivity index (χ2v) is 6.27. The van der Waals surface area contributed by atoms with Gasteiger partial charge in [-0.1, -0.05) is 56.2 Å². The van der Waals surface area contributed by atoms with Gasteiger partial charge in [-0.3, -0.25) is 4.79 Å². The van der Waals surface area contributed by atoms with Crippen LogP contribution in [0.25, 0.3) is 10.9 Å². The average Bonchev–Trinajstić information content (AvgIpc) is 2.63. The SMILES string of the molecule is Br.CCCCCc1ccc(C(=O)C[n+]2cccc3ccccc32)cc1. The van der Waals surface area contributed by atoms with Gasteiger partial charge in [-0.2, -0.15) is 4.57 Å². The molecular weight excluding hydrogens is 374 g/mol. The van der Waals surface area contributed by atoms with Gasteiger partial charge in [0.25, 0.3) is 0 Å². The molecule has 1 aromatic heterocycles. The van der Waals surface area contributed by atoms with Crippen molar-refractivity contribution >= 4 is 33.7 Å². The first-order valence-electron chi connectivity index (χ1n) is 8.77. The van der Waals surface area contributed by atoms with Crippen molar-refractivity contribution in [2.24, 2.45) is 0 Å². The largest absolute Gasteiger partial charge is 0.287 e. The molecule has 0 spiro atoms. The van der Waals surface area contributed by atoms with Crippen molar-refractivity contribution in [1.29, 1.82) is 0 Å². The Balaban J connectivity index is 0.00000225. The molecule has 0 atom stereocenters. The summed E-state index contributed by atoms with van der Waals surface area (Å²) in [5, 5.41) is 1.15. The summed E-state index contributed by atoms with van der Waals surface area (Å²) in [7, 11) is 0. The number of hydrogen-bond acceptors (Lipinski definition) is 1. The van der Waals surface area contributed by atoms with Crippen molar-refractivity contribution in [3.05, 3.63) is 78.0 Å². The second-order valence-electron chi connectivity index (χ2n) is 6.27. The smallest absolute Gasteiger partial charge is 0.227 e. The van der Waals surface area contributed by atoms with Gasteiger partial charge in [-0.05, 0) is 30.5 Å². The predicted octanol–water partition coefficient (Wildman–Crippen LogP) is 5.32. The Morgan fingerprint density at radius 2 is 1.64 bits per heavy atom. The van der Waals surface area contributed by atoms with Crippen molar-refractivity contribution < 1.29 is 9.36 Å². The molecule has 0 saturated carbocycles. The molecule has 0 unspecified atom stereocenters. The standard InChI is InChI=1S/C22H24NO.BrH/c1-2-3-4-8-18-12-14-20(15-13-18)22(24)17-23-16-7-10-19-9-5-6-11-21(19)23;/h5-7,9-16H,2-4,8,17H2,1H3;1H/q+1;. The monoisotopic (exact) mass is 398 g/mol. The molecule has 0 radical (unpaired) electrons. The first-order chi connectivity index (χ1) is 11.8. The third-order valence-corrected chi connectivity index (χ3v) is 4.45. The Kier molecular flexibility index (Phi) is 7.32. The summed E-state index contributed by atoms with van der Waals surface area (Å²) in [5.41, 5.74) is 3.19. The normalized spacial score (nSPS) is 10.4. The van der Waals surface area contributed by atoms with Gasteiger partial charge in [-0.25, -0.2) is 0 Å². The number of fused-ring (bicyclic) bond motifs is 1. The Morgan fingerprint density at radius 1 is 0.920 bits per heavy atom. The fourth-order valence-corrected chi connectivity index (χ4v) is 3.04. The molecule has 0 bridgehead atoms. The molecule has 0 aliphatic rings. The van der Waals surface area contributed by atoms with Gasteiger partial charge >= 0.3 is 0 Å². The zero-order valence-electron chi connectivity index (χ0n) is 14.7. The van der Waals surface area contributed by atoms with E-state index < -0.39 is 0 Å². The molecule has 2 nitrogen and oxygen atoms in total. The summed E-state index contributed by atoms with van der Waals surface area (Å²) < 4.78 is 2.02. The van der Waals surface area contributed by atoms with Crippen LogP contribution in [0.3, 0.4) is 0 Å². The van der Waals surface area contributed by atoms with Crippen molar-refractivity contribution in [3.8, 4) is 0 Å². The number of para-hydroxylation sites is 1. The molecular formula is C22H25BrNO+. The molecule has 0 saturated heterocycles. The Bertz CT molecular complexity index is 822. The number of pyridine rings is 1. The van der Waals surface area contributed by atoms with Gasteiger partial charge in [0.2, 0.25) is 17.8 Å². The van der Waals surface area contributed by atoms with E-state index in [-0.39, 0.29) is 22.8 Å². The molecule has 3 rings (SSSR count). The average molecular weight is 399 g/mol. The molecule has 25 heavy (non-hydrogen) atoms. The maximum absolute atomic E-state index is 12.6. The number of benzene rings is 2. The fraction of sp³-hybridized carbons (Fsp3) is 0.273. The van der Waals surface area contributed by atoms with E-state index in [1.807, 2.05) is 41.1 Å². The van der Waals surface area contributed by atoms with Gasteiger partial charge in [0, 0.05) is 23.1 Å². The van der Waals surface area contributed by atoms with E-state index in [1.165, 1.54) is 24.8 Å². The fourth-order valence-electron chi connectivity index (χ4n) is 3.04. The van der Waals surface area contributed by atoms with Crippen molar-refractivity contribution in [1.82, 2.24) is 0 Å². The van der Waals surface area contributed by atoms with Crippen LogP contribution in [0.2, 0.25) is 0 Å². The lowest BCUT2D eigenvalue weighted by molar-refractivity contribution is -0.657. The lowest BCUT2D eigenvalue weighted by Crippen LogP contribution is -2.38. The zero-order chi connectivity index (χ0) is 16.8. The summed E-state index contributed by atoms with van der Waals surface area (Å²) in [6, 6.07) is 20.3. The van der Waals surface area contributed by atoms with Crippen LogP contribution in [0.4, 0.5) is 0 Å². The highest BCUT2D eigenvalue weighted by Gasteiger charge is 2.14. The van der Waals surface area contributed by atoms with Crippen LogP contribution in [-0.4, -0.2) is 5.78 Å². The van der Waals surface area contributed by atoms with E-state index >= 15 is 0 Å². The number of ketones is 1. The number of unbranched alkanes of at least 4 members (excludes halogenated alkanes) is 2. The molecule has 2 aromatic carbocycles. The Hall–Kier alpha value is -2.00. The molecule has 3 aromatic rings. The number of aryl methyl sites for hydroxylation is 1. The number of carbonyl (C=O) groups excluding carboxylic acids is 1. The lowest BCUT2D eigenvalue weighted by Gasteiger charge is -2.04. The molecule has 0 fully saturated rings. The van der Waals surface area contributed by atoms with Crippen molar-refractivity contribution in [2.75, 3.05) is 0 Å². The van der Waals surface area contributed by atoms with Gasteiger partial charge in [-0.15, -0.1) is 17.0 Å². The number of halogens is 1. The summed E-state index contributed by atoms with van der Waals surface area (Å²) in [4.78, 5) is 12.6. The Labute approximate surface area is 160 Å². The molecule has 0 aliphatic heterocycles. The van der Waals surface area contributed by atoms with Crippen LogP contribution >= 0.6 is 17.0 Å². The highest BCUT2D eigenvalue weighted by Crippen LogP contribution is 2.11. The van der Waals surface area contributed by atoms with Crippen LogP contribution < -0.4 is 4.57 Å². The molecule has 0 aliphatic carbocycles. The zero-order valence-corrected chi connectivity index (χ0v) is 16.4. The van der Waals surface area contributed by atoms with Crippen molar-refractivity contribution in [3.63, 3.8) is 0 Å². The van der Waals surface area contributed by atoms with E-state index in [4.69, 9.17) is 0 Å². The number of hydrogen-bond donors (Lipinski definition) is 0. The first-order valence-corrected chi connectivity index (χ1v) is 8.77. The predicted molar refractivity (Wildman–Crippen MR) is 108 cm³/mol. The number of rotatable bonds is 7. The summed E-state index contributed by atoms with van der Waals surface area (Å²) in [6.07, 6.45) is 6.78. The van der Waals surface area contributed by atoms with Gasteiger partial charge in [0.05, 0.1) is 0 Å². The van der Waals surface area contributed by atoms with Gasteiger partial charge in [0.15, 0.2) is 6.20 Å². The molecule has 0 amide bonds. The third kappa shape index (κ3) is 4.99. The maximum Gasteiger partial charge on any atom is 0.227 e. The number of Topliss-reactive ketones (excluding diaryl/α,β-unsaturated/α-hetero) is 1. The quantitative estimate of drug-likeness (QED) is 0.299. The minimum Gasteiger partial charge on any atom is -0.287 e. The van der Waals surface area contributed by atoms with Gasteiger partial charge in [0.1, 0.15) is 0 Å².